The molecule has 0 N–H and O–H groups in total. The van der Waals surface area contributed by atoms with Crippen LogP contribution in [-0.2, 0) is 9.53 Å². The van der Waals surface area contributed by atoms with Crippen LogP contribution in [0.5, 0.6) is 5.75 Å². The molecule has 1 aliphatic rings. The van der Waals surface area contributed by atoms with Gasteiger partial charge in [-0.3, -0.25) is 4.79 Å². The molecule has 2 aromatic rings. The first-order valence-electron chi connectivity index (χ1n) is 7.67. The van der Waals surface area contributed by atoms with Crippen LogP contribution in [0, 0.1) is 0 Å². The Morgan fingerprint density at radius 3 is 2.82 bits per heavy atom. The van der Waals surface area contributed by atoms with Crippen molar-refractivity contribution >= 4 is 16.7 Å². The molecule has 1 heterocycles. The van der Waals surface area contributed by atoms with E-state index in [4.69, 9.17) is 9.47 Å². The summed E-state index contributed by atoms with van der Waals surface area (Å²) in [5.41, 5.74) is 0. The van der Waals surface area contributed by atoms with E-state index in [-0.39, 0.29) is 24.7 Å². The predicted molar refractivity (Wildman–Crippen MR) is 86.0 cm³/mol. The van der Waals surface area contributed by atoms with Crippen LogP contribution in [0.3, 0.4) is 0 Å². The minimum absolute atomic E-state index is 0.0522. The van der Waals surface area contributed by atoms with E-state index in [9.17, 15) is 4.79 Å². The van der Waals surface area contributed by atoms with Crippen molar-refractivity contribution in [2.24, 2.45) is 0 Å². The molecular weight excluding hydrogens is 278 g/mol. The van der Waals surface area contributed by atoms with Gasteiger partial charge in [0.15, 0.2) is 0 Å². The Hall–Kier alpha value is -2.07. The number of fused-ring (bicyclic) bond motifs is 1. The van der Waals surface area contributed by atoms with E-state index in [1.165, 1.54) is 0 Å². The Morgan fingerprint density at radius 2 is 2.00 bits per heavy atom. The Balaban J connectivity index is 1.68. The molecule has 0 aromatic heterocycles. The number of hydrogen-bond donors (Lipinski definition) is 0. The summed E-state index contributed by atoms with van der Waals surface area (Å²) in [7, 11) is 0. The molecule has 0 bridgehead atoms. The second kappa shape index (κ2) is 6.36. The molecule has 0 saturated carbocycles. The van der Waals surface area contributed by atoms with E-state index in [1.54, 1.807) is 0 Å². The highest BCUT2D eigenvalue weighted by Gasteiger charge is 2.28. The highest BCUT2D eigenvalue weighted by Crippen LogP contribution is 2.25. The molecule has 116 valence electrons. The fourth-order valence-corrected chi connectivity index (χ4v) is 2.75. The molecule has 4 heteroatoms. The van der Waals surface area contributed by atoms with Gasteiger partial charge in [-0.15, -0.1) is 0 Å². The van der Waals surface area contributed by atoms with Crippen molar-refractivity contribution in [3.05, 3.63) is 42.5 Å². The Labute approximate surface area is 130 Å². The van der Waals surface area contributed by atoms with Gasteiger partial charge < -0.3 is 14.4 Å². The van der Waals surface area contributed by atoms with Crippen molar-refractivity contribution in [3.63, 3.8) is 0 Å². The van der Waals surface area contributed by atoms with Crippen molar-refractivity contribution in [2.45, 2.75) is 26.0 Å². The van der Waals surface area contributed by atoms with Gasteiger partial charge in [0, 0.05) is 11.4 Å². The highest BCUT2D eigenvalue weighted by atomic mass is 16.5. The number of amides is 1. The Morgan fingerprint density at radius 1 is 1.23 bits per heavy atom. The normalized spacial score (nSPS) is 19.0. The third-order valence-electron chi connectivity index (χ3n) is 3.96. The van der Waals surface area contributed by atoms with Gasteiger partial charge in [-0.25, -0.2) is 0 Å². The lowest BCUT2D eigenvalue weighted by atomic mass is 10.1. The quantitative estimate of drug-likeness (QED) is 0.871. The van der Waals surface area contributed by atoms with Crippen LogP contribution in [0.25, 0.3) is 10.8 Å². The van der Waals surface area contributed by atoms with Crippen LogP contribution in [0.4, 0.5) is 0 Å². The van der Waals surface area contributed by atoms with E-state index < -0.39 is 0 Å². The lowest BCUT2D eigenvalue weighted by molar-refractivity contribution is -0.152. The van der Waals surface area contributed by atoms with E-state index in [0.717, 1.165) is 16.5 Å². The number of nitrogens with zero attached hydrogens (tertiary/aromatic N) is 1. The Bertz CT molecular complexity index is 663. The standard InChI is InChI=1S/C18H21NO3/c1-13(2)19-10-15(21-12-18(19)20)11-22-17-9-5-7-14-6-3-4-8-16(14)17/h3-9,13,15H,10-12H2,1-2H3/t15-/m0/s1. The fraction of sp³-hybridized carbons (Fsp3) is 0.389. The third kappa shape index (κ3) is 3.07. The summed E-state index contributed by atoms with van der Waals surface area (Å²) in [6.07, 6.45) is -0.0842. The van der Waals surface area contributed by atoms with E-state index in [0.29, 0.717) is 13.2 Å². The van der Waals surface area contributed by atoms with Crippen LogP contribution in [0.2, 0.25) is 0 Å². The average molecular weight is 299 g/mol. The third-order valence-corrected chi connectivity index (χ3v) is 3.96. The van der Waals surface area contributed by atoms with Crippen molar-refractivity contribution < 1.29 is 14.3 Å². The lowest BCUT2D eigenvalue weighted by Gasteiger charge is -2.35. The lowest BCUT2D eigenvalue weighted by Crippen LogP contribution is -2.51. The predicted octanol–water partition coefficient (Wildman–Crippen LogP) is 2.85. The number of ether oxygens (including phenoxy) is 2. The Kier molecular flexibility index (Phi) is 4.29. The zero-order valence-corrected chi connectivity index (χ0v) is 13.0. The van der Waals surface area contributed by atoms with Crippen LogP contribution < -0.4 is 4.74 Å². The van der Waals surface area contributed by atoms with Crippen molar-refractivity contribution in [1.29, 1.82) is 0 Å². The number of carbonyl (C=O) groups is 1. The maximum Gasteiger partial charge on any atom is 0.248 e. The monoisotopic (exact) mass is 299 g/mol. The van der Waals surface area contributed by atoms with E-state index in [1.807, 2.05) is 43.0 Å². The fourth-order valence-electron chi connectivity index (χ4n) is 2.75. The molecule has 1 saturated heterocycles. The second-order valence-corrected chi connectivity index (χ2v) is 5.86. The van der Waals surface area contributed by atoms with Gasteiger partial charge in [-0.2, -0.15) is 0 Å². The van der Waals surface area contributed by atoms with Gasteiger partial charge in [0.05, 0.1) is 6.54 Å². The molecule has 1 amide bonds. The average Bonchev–Trinajstić information content (AvgIpc) is 2.53. The summed E-state index contributed by atoms with van der Waals surface area (Å²) >= 11 is 0. The molecule has 1 aliphatic heterocycles. The maximum atomic E-state index is 11.8. The molecule has 2 aromatic carbocycles. The van der Waals surface area contributed by atoms with Crippen molar-refractivity contribution in [2.75, 3.05) is 19.8 Å². The molecule has 4 nitrogen and oxygen atoms in total. The number of hydrogen-bond acceptors (Lipinski definition) is 3. The van der Waals surface area contributed by atoms with Gasteiger partial charge in [0.1, 0.15) is 25.1 Å². The summed E-state index contributed by atoms with van der Waals surface area (Å²) in [6.45, 7) is 5.21. The van der Waals surface area contributed by atoms with Crippen molar-refractivity contribution in [1.82, 2.24) is 4.90 Å². The number of benzene rings is 2. The summed E-state index contributed by atoms with van der Waals surface area (Å²) in [5, 5.41) is 2.25. The first-order valence-corrected chi connectivity index (χ1v) is 7.67. The van der Waals surface area contributed by atoms with Gasteiger partial charge in [0.2, 0.25) is 5.91 Å². The molecule has 22 heavy (non-hydrogen) atoms. The molecule has 1 atom stereocenters. The van der Waals surface area contributed by atoms with Gasteiger partial charge in [0.25, 0.3) is 0 Å². The van der Waals surface area contributed by atoms with Crippen LogP contribution in [0.1, 0.15) is 13.8 Å². The summed E-state index contributed by atoms with van der Waals surface area (Å²) < 4.78 is 11.5. The zero-order chi connectivity index (χ0) is 15.5. The minimum Gasteiger partial charge on any atom is -0.490 e. The number of carbonyl (C=O) groups excluding carboxylic acids is 1. The molecule has 0 spiro atoms. The minimum atomic E-state index is -0.0842. The van der Waals surface area contributed by atoms with E-state index >= 15 is 0 Å². The SMILES string of the molecule is CC(C)N1C[C@@H](COc2cccc3ccccc23)OCC1=O. The van der Waals surface area contributed by atoms with E-state index in [2.05, 4.69) is 18.2 Å². The molecule has 0 unspecified atom stereocenters. The molecule has 1 fully saturated rings. The molecule has 0 radical (unpaired) electrons. The first-order chi connectivity index (χ1) is 10.6. The van der Waals surface area contributed by atoms with Gasteiger partial charge in [-0.1, -0.05) is 36.4 Å². The van der Waals surface area contributed by atoms with Crippen molar-refractivity contribution in [3.8, 4) is 5.75 Å². The van der Waals surface area contributed by atoms with Crippen LogP contribution in [0.15, 0.2) is 42.5 Å². The smallest absolute Gasteiger partial charge is 0.248 e. The first kappa shape index (κ1) is 14.9. The molecule has 0 aliphatic carbocycles. The summed E-state index contributed by atoms with van der Waals surface area (Å²) in [6, 6.07) is 14.4. The van der Waals surface area contributed by atoms with Gasteiger partial charge >= 0.3 is 0 Å². The second-order valence-electron chi connectivity index (χ2n) is 5.86. The largest absolute Gasteiger partial charge is 0.490 e. The number of morpholine rings is 1. The summed E-state index contributed by atoms with van der Waals surface area (Å²) in [5.74, 6) is 0.908. The van der Waals surface area contributed by atoms with Crippen LogP contribution >= 0.6 is 0 Å². The zero-order valence-electron chi connectivity index (χ0n) is 13.0. The highest BCUT2D eigenvalue weighted by molar-refractivity contribution is 5.88. The van der Waals surface area contributed by atoms with Gasteiger partial charge in [-0.05, 0) is 25.3 Å². The number of rotatable bonds is 4. The summed E-state index contributed by atoms with van der Waals surface area (Å²) in [4.78, 5) is 13.6. The topological polar surface area (TPSA) is 38.8 Å². The molecular formula is C18H21NO3. The molecule has 3 rings (SSSR count). The van der Waals surface area contributed by atoms with Crippen LogP contribution in [-0.4, -0.2) is 42.7 Å². The maximum absolute atomic E-state index is 11.8.